The topological polar surface area (TPSA) is 84.5 Å². The molecule has 1 atom stereocenters. The monoisotopic (exact) mass is 375 g/mol. The zero-order chi connectivity index (χ0) is 19.4. The van der Waals surface area contributed by atoms with E-state index in [1.54, 1.807) is 15.1 Å². The summed E-state index contributed by atoms with van der Waals surface area (Å²) in [4.78, 5) is 17.4. The van der Waals surface area contributed by atoms with Crippen LogP contribution in [0.3, 0.4) is 0 Å². The second-order valence-corrected chi connectivity index (χ2v) is 7.49. The highest BCUT2D eigenvalue weighted by molar-refractivity contribution is 5.89. The SMILES string of the molecule is Cc1cn2nc(-c3cc4ccn(C5CCNC5)c(=O)c4cc3O)cc(C)c2n1. The minimum Gasteiger partial charge on any atom is -0.507 e. The highest BCUT2D eigenvalue weighted by atomic mass is 16.3. The van der Waals surface area contributed by atoms with Gasteiger partial charge in [-0.2, -0.15) is 5.10 Å². The van der Waals surface area contributed by atoms with E-state index in [1.165, 1.54) is 0 Å². The van der Waals surface area contributed by atoms with Crippen molar-refractivity contribution < 1.29 is 5.11 Å². The van der Waals surface area contributed by atoms with E-state index in [2.05, 4.69) is 15.4 Å². The average Bonchev–Trinajstić information content (AvgIpc) is 3.31. The Morgan fingerprint density at radius 1 is 1.25 bits per heavy atom. The third-order valence-electron chi connectivity index (χ3n) is 5.48. The van der Waals surface area contributed by atoms with Gasteiger partial charge in [0.2, 0.25) is 0 Å². The molecule has 0 saturated carbocycles. The van der Waals surface area contributed by atoms with Crippen LogP contribution in [0.25, 0.3) is 27.7 Å². The Morgan fingerprint density at radius 2 is 2.11 bits per heavy atom. The summed E-state index contributed by atoms with van der Waals surface area (Å²) in [5.74, 6) is 0.0509. The maximum atomic E-state index is 12.9. The molecule has 1 unspecified atom stereocenters. The van der Waals surface area contributed by atoms with E-state index >= 15 is 0 Å². The van der Waals surface area contributed by atoms with Gasteiger partial charge in [-0.3, -0.25) is 4.79 Å². The molecule has 0 radical (unpaired) electrons. The molecule has 1 saturated heterocycles. The number of rotatable bonds is 2. The van der Waals surface area contributed by atoms with Gasteiger partial charge in [0.15, 0.2) is 5.65 Å². The molecule has 1 aromatic carbocycles. The molecule has 4 aromatic rings. The molecular formula is C21H21N5O2. The normalized spacial score (nSPS) is 17.0. The first-order valence-electron chi connectivity index (χ1n) is 9.44. The van der Waals surface area contributed by atoms with Gasteiger partial charge in [-0.1, -0.05) is 0 Å². The maximum Gasteiger partial charge on any atom is 0.258 e. The first-order valence-corrected chi connectivity index (χ1v) is 9.44. The number of nitrogens with one attached hydrogen (secondary N) is 1. The second-order valence-electron chi connectivity index (χ2n) is 7.49. The average molecular weight is 375 g/mol. The lowest BCUT2D eigenvalue weighted by Gasteiger charge is -2.14. The second kappa shape index (κ2) is 6.17. The molecule has 0 spiro atoms. The van der Waals surface area contributed by atoms with Crippen molar-refractivity contribution in [1.29, 1.82) is 0 Å². The minimum atomic E-state index is -0.0714. The highest BCUT2D eigenvalue weighted by Crippen LogP contribution is 2.32. The molecule has 0 bridgehead atoms. The largest absolute Gasteiger partial charge is 0.507 e. The molecule has 1 aliphatic rings. The number of aryl methyl sites for hydroxylation is 2. The third-order valence-corrected chi connectivity index (χ3v) is 5.48. The molecule has 0 amide bonds. The number of imidazole rings is 1. The van der Waals surface area contributed by atoms with Crippen LogP contribution in [0.15, 0.2) is 41.5 Å². The van der Waals surface area contributed by atoms with Crippen LogP contribution < -0.4 is 10.9 Å². The van der Waals surface area contributed by atoms with E-state index in [-0.39, 0.29) is 17.4 Å². The van der Waals surface area contributed by atoms with Crippen LogP contribution in [-0.2, 0) is 0 Å². The van der Waals surface area contributed by atoms with Crippen molar-refractivity contribution in [2.24, 2.45) is 0 Å². The van der Waals surface area contributed by atoms with E-state index in [9.17, 15) is 9.90 Å². The Kier molecular flexibility index (Phi) is 3.73. The minimum absolute atomic E-state index is 0.0509. The molecule has 3 aromatic heterocycles. The summed E-state index contributed by atoms with van der Waals surface area (Å²) in [5.41, 5.74) is 3.83. The number of nitrogens with zero attached hydrogens (tertiary/aromatic N) is 4. The molecule has 2 N–H and O–H groups in total. The lowest BCUT2D eigenvalue weighted by atomic mass is 10.0. The summed E-state index contributed by atoms with van der Waals surface area (Å²) in [7, 11) is 0. The number of hydrogen-bond acceptors (Lipinski definition) is 5. The molecule has 5 rings (SSSR count). The molecule has 28 heavy (non-hydrogen) atoms. The van der Waals surface area contributed by atoms with Gasteiger partial charge in [-0.25, -0.2) is 9.50 Å². The molecule has 7 heteroatoms. The zero-order valence-electron chi connectivity index (χ0n) is 15.8. The number of benzene rings is 1. The number of hydrogen-bond donors (Lipinski definition) is 2. The van der Waals surface area contributed by atoms with Crippen LogP contribution in [-0.4, -0.2) is 37.4 Å². The van der Waals surface area contributed by atoms with Crippen molar-refractivity contribution in [1.82, 2.24) is 24.5 Å². The Bertz CT molecular complexity index is 1280. The molecule has 4 heterocycles. The Balaban J connectivity index is 1.68. The summed E-state index contributed by atoms with van der Waals surface area (Å²) in [6.07, 6.45) is 4.64. The van der Waals surface area contributed by atoms with Crippen LogP contribution in [0, 0.1) is 13.8 Å². The van der Waals surface area contributed by atoms with Crippen molar-refractivity contribution >= 4 is 16.4 Å². The Labute approximate surface area is 161 Å². The van der Waals surface area contributed by atoms with Crippen molar-refractivity contribution in [3.8, 4) is 17.0 Å². The fourth-order valence-electron chi connectivity index (χ4n) is 4.04. The molecule has 142 valence electrons. The van der Waals surface area contributed by atoms with Crippen LogP contribution in [0.1, 0.15) is 23.7 Å². The quantitative estimate of drug-likeness (QED) is 0.563. The van der Waals surface area contributed by atoms with Gasteiger partial charge in [-0.15, -0.1) is 0 Å². The van der Waals surface area contributed by atoms with E-state index < -0.39 is 0 Å². The van der Waals surface area contributed by atoms with E-state index in [1.807, 2.05) is 44.4 Å². The lowest BCUT2D eigenvalue weighted by Crippen LogP contribution is -2.25. The van der Waals surface area contributed by atoms with Gasteiger partial charge in [0.1, 0.15) is 5.75 Å². The van der Waals surface area contributed by atoms with Gasteiger partial charge in [0, 0.05) is 18.3 Å². The van der Waals surface area contributed by atoms with Crippen molar-refractivity contribution in [3.63, 3.8) is 0 Å². The maximum absolute atomic E-state index is 12.9. The molecule has 1 fully saturated rings. The first kappa shape index (κ1) is 16.9. The fraction of sp³-hybridized carbons (Fsp3) is 0.286. The number of phenols is 1. The Hall–Kier alpha value is -3.19. The predicted octanol–water partition coefficient (Wildman–Crippen LogP) is 2.57. The lowest BCUT2D eigenvalue weighted by molar-refractivity contribution is 0.477. The van der Waals surface area contributed by atoms with Crippen LogP contribution >= 0.6 is 0 Å². The van der Waals surface area contributed by atoms with Crippen LogP contribution in [0.5, 0.6) is 5.75 Å². The first-order chi connectivity index (χ1) is 13.5. The molecular weight excluding hydrogens is 354 g/mol. The van der Waals surface area contributed by atoms with Gasteiger partial charge in [-0.05, 0) is 62.0 Å². The fourth-order valence-corrected chi connectivity index (χ4v) is 4.04. The van der Waals surface area contributed by atoms with Gasteiger partial charge in [0.05, 0.1) is 29.0 Å². The van der Waals surface area contributed by atoms with Gasteiger partial charge in [0.25, 0.3) is 5.56 Å². The summed E-state index contributed by atoms with van der Waals surface area (Å²) in [6, 6.07) is 7.40. The predicted molar refractivity (Wildman–Crippen MR) is 108 cm³/mol. The standard InChI is InChI=1S/C21H21N5O2/c1-12-7-18(24-26-11-13(2)23-20(12)26)17-8-14-4-6-25(15-3-5-22-10-15)21(28)16(14)9-19(17)27/h4,6-9,11,15,22,27H,3,5,10H2,1-2H3. The van der Waals surface area contributed by atoms with Gasteiger partial charge < -0.3 is 15.0 Å². The van der Waals surface area contributed by atoms with Crippen LogP contribution in [0.2, 0.25) is 0 Å². The van der Waals surface area contributed by atoms with E-state index in [0.717, 1.165) is 41.8 Å². The van der Waals surface area contributed by atoms with E-state index in [4.69, 9.17) is 0 Å². The number of aromatic nitrogens is 4. The summed E-state index contributed by atoms with van der Waals surface area (Å²) in [6.45, 7) is 5.61. The summed E-state index contributed by atoms with van der Waals surface area (Å²) < 4.78 is 3.50. The number of pyridine rings is 1. The zero-order valence-corrected chi connectivity index (χ0v) is 15.8. The van der Waals surface area contributed by atoms with Gasteiger partial charge >= 0.3 is 0 Å². The molecule has 0 aliphatic carbocycles. The smallest absolute Gasteiger partial charge is 0.258 e. The molecule has 1 aliphatic heterocycles. The van der Waals surface area contributed by atoms with Crippen molar-refractivity contribution in [2.45, 2.75) is 26.3 Å². The van der Waals surface area contributed by atoms with Crippen LogP contribution in [0.4, 0.5) is 0 Å². The number of phenolic OH excluding ortho intramolecular Hbond substituents is 1. The molecule has 7 nitrogen and oxygen atoms in total. The summed E-state index contributed by atoms with van der Waals surface area (Å²) >= 11 is 0. The summed E-state index contributed by atoms with van der Waals surface area (Å²) in [5, 5.41) is 19.9. The number of fused-ring (bicyclic) bond motifs is 2. The van der Waals surface area contributed by atoms with Crippen molar-refractivity contribution in [2.75, 3.05) is 13.1 Å². The highest BCUT2D eigenvalue weighted by Gasteiger charge is 2.19. The van der Waals surface area contributed by atoms with Crippen molar-refractivity contribution in [3.05, 3.63) is 58.3 Å². The number of aromatic hydroxyl groups is 1. The third kappa shape index (κ3) is 2.58. The van der Waals surface area contributed by atoms with E-state index in [0.29, 0.717) is 16.6 Å². The Morgan fingerprint density at radius 3 is 2.89 bits per heavy atom.